The Morgan fingerprint density at radius 2 is 1.89 bits per heavy atom. The number of alkyl halides is 3. The van der Waals surface area contributed by atoms with E-state index in [2.05, 4.69) is 25.3 Å². The standard InChI is InChI=1S/C23H24ClF3N6O2/c1-34-19-10-16(8-9-28-19)32-11-14-6-7-15(12-32)20(14)29-21-30-22(33(31-21)13-23(25,26)27)35-18-5-3-2-4-17(18)24/h2-5,8-10,14-15,20H,6-7,11-13H2,1H3,(H,29,31)/t14-,15+,20-. The number of hydrogen-bond donors (Lipinski definition) is 1. The van der Waals surface area contributed by atoms with Crippen LogP contribution in [0.4, 0.5) is 24.8 Å². The van der Waals surface area contributed by atoms with E-state index in [1.807, 2.05) is 12.1 Å². The minimum atomic E-state index is -4.49. The number of nitrogens with one attached hydrogen (secondary N) is 1. The number of pyridine rings is 1. The molecule has 12 heteroatoms. The smallest absolute Gasteiger partial charge is 0.408 e. The monoisotopic (exact) mass is 508 g/mol. The predicted octanol–water partition coefficient (Wildman–Crippen LogP) is 5.02. The van der Waals surface area contributed by atoms with Crippen molar-refractivity contribution >= 4 is 23.2 Å². The van der Waals surface area contributed by atoms with Crippen LogP contribution in [-0.4, -0.2) is 52.2 Å². The molecule has 3 atom stereocenters. The first-order valence-corrected chi connectivity index (χ1v) is 11.6. The zero-order chi connectivity index (χ0) is 24.6. The highest BCUT2D eigenvalue weighted by molar-refractivity contribution is 6.32. The maximum atomic E-state index is 13.2. The van der Waals surface area contributed by atoms with Gasteiger partial charge in [0.15, 0.2) is 0 Å². The fraction of sp³-hybridized carbons (Fsp3) is 0.435. The average Bonchev–Trinajstić information content (AvgIpc) is 3.28. The molecule has 0 unspecified atom stereocenters. The van der Waals surface area contributed by atoms with Crippen molar-refractivity contribution in [2.45, 2.75) is 31.6 Å². The van der Waals surface area contributed by atoms with Crippen LogP contribution >= 0.6 is 11.6 Å². The van der Waals surface area contributed by atoms with E-state index in [1.54, 1.807) is 37.6 Å². The van der Waals surface area contributed by atoms with Crippen LogP contribution in [0.5, 0.6) is 17.6 Å². The van der Waals surface area contributed by atoms with Crippen molar-refractivity contribution in [3.8, 4) is 17.6 Å². The molecule has 2 aliphatic rings. The molecule has 2 fully saturated rings. The molecular weight excluding hydrogens is 485 g/mol. The molecule has 1 aliphatic heterocycles. The largest absolute Gasteiger partial charge is 0.481 e. The van der Waals surface area contributed by atoms with Gasteiger partial charge in [0.05, 0.1) is 12.1 Å². The van der Waals surface area contributed by atoms with Crippen LogP contribution in [0.15, 0.2) is 42.6 Å². The number of halogens is 4. The summed E-state index contributed by atoms with van der Waals surface area (Å²) in [6, 6.07) is 10.2. The summed E-state index contributed by atoms with van der Waals surface area (Å²) in [5.41, 5.74) is 1.04. The molecule has 1 aromatic carbocycles. The molecule has 1 saturated carbocycles. The fourth-order valence-corrected chi connectivity index (χ4v) is 5.06. The Labute approximate surface area is 205 Å². The number of aromatic nitrogens is 4. The summed E-state index contributed by atoms with van der Waals surface area (Å²) in [5.74, 6) is 1.45. The average molecular weight is 509 g/mol. The van der Waals surface area contributed by atoms with Crippen molar-refractivity contribution < 1.29 is 22.6 Å². The molecule has 2 bridgehead atoms. The summed E-state index contributed by atoms with van der Waals surface area (Å²) < 4.78 is 51.1. The Bertz CT molecular complexity index is 1180. The molecule has 5 rings (SSSR count). The van der Waals surface area contributed by atoms with Crippen molar-refractivity contribution in [2.75, 3.05) is 30.4 Å². The SMILES string of the molecule is COc1cc(N2C[C@H]3CC[C@@H](C2)[C@@H]3Nc2nc(Oc3ccccc3Cl)n(CC(F)(F)F)n2)ccn1. The molecule has 186 valence electrons. The summed E-state index contributed by atoms with van der Waals surface area (Å²) in [7, 11) is 1.58. The van der Waals surface area contributed by atoms with Gasteiger partial charge in [0.1, 0.15) is 12.3 Å². The Hall–Kier alpha value is -3.21. The van der Waals surface area contributed by atoms with E-state index in [4.69, 9.17) is 21.1 Å². The number of ether oxygens (including phenoxy) is 2. The van der Waals surface area contributed by atoms with E-state index >= 15 is 0 Å². The summed E-state index contributed by atoms with van der Waals surface area (Å²) in [5, 5.41) is 7.64. The van der Waals surface area contributed by atoms with E-state index in [1.165, 1.54) is 0 Å². The third-order valence-corrected chi connectivity index (χ3v) is 6.74. The van der Waals surface area contributed by atoms with Crippen molar-refractivity contribution in [2.24, 2.45) is 11.8 Å². The molecule has 3 aromatic rings. The fourth-order valence-electron chi connectivity index (χ4n) is 4.89. The molecule has 35 heavy (non-hydrogen) atoms. The van der Waals surface area contributed by atoms with E-state index in [9.17, 15) is 13.2 Å². The first-order chi connectivity index (χ1) is 16.8. The zero-order valence-corrected chi connectivity index (χ0v) is 19.6. The number of piperidine rings is 1. The molecule has 1 saturated heterocycles. The Kier molecular flexibility index (Phi) is 6.35. The normalized spacial score (nSPS) is 21.7. The third kappa shape index (κ3) is 5.24. The van der Waals surface area contributed by atoms with Crippen LogP contribution in [0.1, 0.15) is 12.8 Å². The Balaban J connectivity index is 1.34. The molecule has 0 amide bonds. The van der Waals surface area contributed by atoms with Gasteiger partial charge in [-0.25, -0.2) is 9.67 Å². The minimum Gasteiger partial charge on any atom is -0.481 e. The second-order valence-corrected chi connectivity index (χ2v) is 9.16. The Morgan fingerprint density at radius 3 is 2.57 bits per heavy atom. The summed E-state index contributed by atoms with van der Waals surface area (Å²) in [4.78, 5) is 10.7. The van der Waals surface area contributed by atoms with Crippen LogP contribution in [-0.2, 0) is 6.54 Å². The molecule has 0 radical (unpaired) electrons. The lowest BCUT2D eigenvalue weighted by molar-refractivity contribution is -0.143. The van der Waals surface area contributed by atoms with E-state index in [0.717, 1.165) is 31.6 Å². The van der Waals surface area contributed by atoms with Crippen LogP contribution in [0.25, 0.3) is 0 Å². The number of fused-ring (bicyclic) bond motifs is 2. The van der Waals surface area contributed by atoms with Gasteiger partial charge in [-0.3, -0.25) is 0 Å². The maximum absolute atomic E-state index is 13.2. The second kappa shape index (κ2) is 9.44. The highest BCUT2D eigenvalue weighted by atomic mass is 35.5. The van der Waals surface area contributed by atoms with Crippen molar-refractivity contribution in [3.63, 3.8) is 0 Å². The van der Waals surface area contributed by atoms with Gasteiger partial charge in [-0.2, -0.15) is 18.2 Å². The van der Waals surface area contributed by atoms with E-state index in [-0.39, 0.29) is 40.6 Å². The van der Waals surface area contributed by atoms with Gasteiger partial charge in [0.25, 0.3) is 0 Å². The molecule has 0 spiro atoms. The van der Waals surface area contributed by atoms with Gasteiger partial charge in [-0.05, 0) is 42.9 Å². The second-order valence-electron chi connectivity index (χ2n) is 8.75. The third-order valence-electron chi connectivity index (χ3n) is 6.43. The van der Waals surface area contributed by atoms with Gasteiger partial charge < -0.3 is 19.7 Å². The summed E-state index contributed by atoms with van der Waals surface area (Å²) >= 11 is 6.12. The first-order valence-electron chi connectivity index (χ1n) is 11.2. The van der Waals surface area contributed by atoms with Crippen molar-refractivity contribution in [1.82, 2.24) is 19.7 Å². The highest BCUT2D eigenvalue weighted by Gasteiger charge is 2.43. The molecular formula is C23H24ClF3N6O2. The van der Waals surface area contributed by atoms with Gasteiger partial charge in [-0.15, -0.1) is 5.10 Å². The molecule has 2 aromatic heterocycles. The van der Waals surface area contributed by atoms with Crippen LogP contribution < -0.4 is 19.7 Å². The maximum Gasteiger partial charge on any atom is 0.408 e. The molecule has 1 N–H and O–H groups in total. The molecule has 3 heterocycles. The summed E-state index contributed by atoms with van der Waals surface area (Å²) in [6.07, 6.45) is -0.752. The van der Waals surface area contributed by atoms with Gasteiger partial charge in [-0.1, -0.05) is 23.7 Å². The lowest BCUT2D eigenvalue weighted by Crippen LogP contribution is -2.48. The number of benzene rings is 1. The predicted molar refractivity (Wildman–Crippen MR) is 124 cm³/mol. The molecule has 1 aliphatic carbocycles. The number of nitrogens with zero attached hydrogens (tertiary/aromatic N) is 5. The van der Waals surface area contributed by atoms with Crippen molar-refractivity contribution in [3.05, 3.63) is 47.6 Å². The topological polar surface area (TPSA) is 77.3 Å². The van der Waals surface area contributed by atoms with E-state index in [0.29, 0.717) is 10.6 Å². The molecule has 8 nitrogen and oxygen atoms in total. The van der Waals surface area contributed by atoms with E-state index < -0.39 is 12.7 Å². The summed E-state index contributed by atoms with van der Waals surface area (Å²) in [6.45, 7) is 0.276. The van der Waals surface area contributed by atoms with Crippen molar-refractivity contribution in [1.29, 1.82) is 0 Å². The highest BCUT2D eigenvalue weighted by Crippen LogP contribution is 2.40. The first kappa shape index (κ1) is 23.5. The van der Waals surface area contributed by atoms with Crippen LogP contribution in [0.3, 0.4) is 0 Å². The van der Waals surface area contributed by atoms with Crippen LogP contribution in [0.2, 0.25) is 5.02 Å². The number of rotatable bonds is 7. The van der Waals surface area contributed by atoms with Gasteiger partial charge in [0, 0.05) is 37.1 Å². The number of anilines is 2. The minimum absolute atomic E-state index is 0.0462. The number of methoxy groups -OCH3 is 1. The zero-order valence-electron chi connectivity index (χ0n) is 18.9. The van der Waals surface area contributed by atoms with Gasteiger partial charge >= 0.3 is 12.2 Å². The van der Waals surface area contributed by atoms with Crippen LogP contribution in [0, 0.1) is 11.8 Å². The quantitative estimate of drug-likeness (QED) is 0.480. The number of para-hydroxylation sites is 1. The lowest BCUT2D eigenvalue weighted by Gasteiger charge is -2.39. The number of hydrogen-bond acceptors (Lipinski definition) is 7. The van der Waals surface area contributed by atoms with Gasteiger partial charge in [0.2, 0.25) is 11.8 Å². The lowest BCUT2D eigenvalue weighted by atomic mass is 9.92. The Morgan fingerprint density at radius 1 is 1.14 bits per heavy atom.